The van der Waals surface area contributed by atoms with Crippen molar-refractivity contribution in [2.24, 2.45) is 16.6 Å². The fourth-order valence-corrected chi connectivity index (χ4v) is 4.33. The van der Waals surface area contributed by atoms with E-state index in [1.807, 2.05) is 12.1 Å². The molecule has 1 saturated carbocycles. The predicted octanol–water partition coefficient (Wildman–Crippen LogP) is 2.90. The van der Waals surface area contributed by atoms with Crippen LogP contribution in [0.1, 0.15) is 45.1 Å². The molecule has 3 N–H and O–H groups in total. The zero-order valence-corrected chi connectivity index (χ0v) is 13.1. The summed E-state index contributed by atoms with van der Waals surface area (Å²) in [6.07, 6.45) is 4.80. The number of hydrogen-bond donors (Lipinski definition) is 2. The van der Waals surface area contributed by atoms with Crippen molar-refractivity contribution < 1.29 is 9.84 Å². The van der Waals surface area contributed by atoms with E-state index in [2.05, 4.69) is 26.0 Å². The van der Waals surface area contributed by atoms with Gasteiger partial charge in [-0.15, -0.1) is 0 Å². The molecule has 0 aromatic heterocycles. The molecule has 116 valence electrons. The number of nitrogens with two attached hydrogens (primary N) is 1. The molecule has 0 spiro atoms. The van der Waals surface area contributed by atoms with Crippen molar-refractivity contribution in [3.63, 3.8) is 0 Å². The zero-order chi connectivity index (χ0) is 15.1. The van der Waals surface area contributed by atoms with Crippen LogP contribution < -0.4 is 10.5 Å². The second-order valence-corrected chi connectivity index (χ2v) is 7.57. The van der Waals surface area contributed by atoms with Gasteiger partial charge in [0.05, 0.1) is 6.10 Å². The molecule has 3 rings (SSSR count). The average molecular weight is 289 g/mol. The molecule has 0 saturated heterocycles. The van der Waals surface area contributed by atoms with Gasteiger partial charge in [0.2, 0.25) is 0 Å². The normalized spacial score (nSPS) is 34.3. The van der Waals surface area contributed by atoms with E-state index in [0.29, 0.717) is 6.54 Å². The number of hydrogen-bond acceptors (Lipinski definition) is 3. The molecule has 1 fully saturated rings. The molecule has 2 aliphatic rings. The first-order valence-electron chi connectivity index (χ1n) is 8.10. The second-order valence-electron chi connectivity index (χ2n) is 7.57. The molecule has 1 aromatic carbocycles. The van der Waals surface area contributed by atoms with E-state index in [1.165, 1.54) is 5.56 Å². The Morgan fingerprint density at radius 1 is 1.29 bits per heavy atom. The van der Waals surface area contributed by atoms with Gasteiger partial charge in [-0.05, 0) is 36.3 Å². The summed E-state index contributed by atoms with van der Waals surface area (Å²) in [7, 11) is 0. The van der Waals surface area contributed by atoms with Gasteiger partial charge in [0.15, 0.2) is 0 Å². The third-order valence-corrected chi connectivity index (χ3v) is 5.57. The Balaban J connectivity index is 1.77. The lowest BCUT2D eigenvalue weighted by Gasteiger charge is -2.50. The lowest BCUT2D eigenvalue weighted by atomic mass is 9.59. The van der Waals surface area contributed by atoms with Crippen LogP contribution in [-0.4, -0.2) is 23.9 Å². The summed E-state index contributed by atoms with van der Waals surface area (Å²) in [6.45, 7) is 4.85. The Morgan fingerprint density at radius 3 is 2.76 bits per heavy atom. The van der Waals surface area contributed by atoms with Gasteiger partial charge < -0.3 is 15.6 Å². The van der Waals surface area contributed by atoms with E-state index < -0.39 is 0 Å². The highest BCUT2D eigenvalue weighted by molar-refractivity contribution is 5.37. The summed E-state index contributed by atoms with van der Waals surface area (Å²) in [4.78, 5) is 0. The van der Waals surface area contributed by atoms with Crippen LogP contribution in [0.2, 0.25) is 0 Å². The molecular formula is C18H27NO2. The number of rotatable bonds is 3. The summed E-state index contributed by atoms with van der Waals surface area (Å²) < 4.78 is 6.09. The molecule has 3 heteroatoms. The molecule has 3 unspecified atom stereocenters. The first-order chi connectivity index (χ1) is 9.97. The number of aliphatic hydroxyl groups is 1. The highest BCUT2D eigenvalue weighted by Crippen LogP contribution is 2.49. The minimum absolute atomic E-state index is 0.0525. The van der Waals surface area contributed by atoms with Crippen molar-refractivity contribution in [1.82, 2.24) is 0 Å². The Bertz CT molecular complexity index is 489. The first-order valence-corrected chi connectivity index (χ1v) is 8.10. The van der Waals surface area contributed by atoms with Crippen LogP contribution in [0.4, 0.5) is 0 Å². The van der Waals surface area contributed by atoms with Crippen LogP contribution in [-0.2, 0) is 6.42 Å². The standard InChI is InChI=1S/C18H27NO2/c1-17(2)8-5-9-18(12-19,16(17)20)11-14-10-13-6-3-4-7-15(13)21-14/h3-4,6-7,14,16,20H,5,8-12,19H2,1-2H3. The fourth-order valence-electron chi connectivity index (χ4n) is 4.33. The molecule has 21 heavy (non-hydrogen) atoms. The minimum Gasteiger partial charge on any atom is -0.490 e. The lowest BCUT2D eigenvalue weighted by Crippen LogP contribution is -2.53. The lowest BCUT2D eigenvalue weighted by molar-refractivity contribution is -0.103. The van der Waals surface area contributed by atoms with Gasteiger partial charge in [-0.1, -0.05) is 38.5 Å². The molecule has 1 aliphatic carbocycles. The highest BCUT2D eigenvalue weighted by Gasteiger charge is 2.49. The molecule has 3 atom stereocenters. The SMILES string of the molecule is CC1(C)CCCC(CN)(CC2Cc3ccccc3O2)C1O. The molecule has 0 radical (unpaired) electrons. The van der Waals surface area contributed by atoms with Crippen molar-refractivity contribution in [3.05, 3.63) is 29.8 Å². The predicted molar refractivity (Wildman–Crippen MR) is 84.3 cm³/mol. The van der Waals surface area contributed by atoms with Crippen LogP contribution in [0.3, 0.4) is 0 Å². The van der Waals surface area contributed by atoms with Crippen molar-refractivity contribution in [2.75, 3.05) is 6.54 Å². The van der Waals surface area contributed by atoms with Gasteiger partial charge >= 0.3 is 0 Å². The maximum atomic E-state index is 10.9. The summed E-state index contributed by atoms with van der Waals surface area (Å²) in [5.74, 6) is 0.999. The van der Waals surface area contributed by atoms with Crippen LogP contribution in [0.25, 0.3) is 0 Å². The largest absolute Gasteiger partial charge is 0.490 e. The second kappa shape index (κ2) is 5.29. The van der Waals surface area contributed by atoms with Gasteiger partial charge in [0, 0.05) is 18.4 Å². The van der Waals surface area contributed by atoms with Crippen LogP contribution in [0, 0.1) is 10.8 Å². The van der Waals surface area contributed by atoms with Gasteiger partial charge in [-0.2, -0.15) is 0 Å². The molecule has 1 aliphatic heterocycles. The highest BCUT2D eigenvalue weighted by atomic mass is 16.5. The maximum absolute atomic E-state index is 10.9. The topological polar surface area (TPSA) is 55.5 Å². The number of para-hydroxylation sites is 1. The Kier molecular flexibility index (Phi) is 3.74. The molecular weight excluding hydrogens is 262 g/mol. The smallest absolute Gasteiger partial charge is 0.123 e. The van der Waals surface area contributed by atoms with E-state index in [1.54, 1.807) is 0 Å². The molecule has 0 bridgehead atoms. The fraction of sp³-hybridized carbons (Fsp3) is 0.667. The van der Waals surface area contributed by atoms with Crippen molar-refractivity contribution in [1.29, 1.82) is 0 Å². The van der Waals surface area contributed by atoms with Crippen LogP contribution >= 0.6 is 0 Å². The van der Waals surface area contributed by atoms with Crippen molar-refractivity contribution >= 4 is 0 Å². The van der Waals surface area contributed by atoms with Crippen molar-refractivity contribution in [3.8, 4) is 5.75 Å². The van der Waals surface area contributed by atoms with E-state index in [0.717, 1.165) is 37.9 Å². The molecule has 0 amide bonds. The first kappa shape index (κ1) is 14.9. The summed E-state index contributed by atoms with van der Waals surface area (Å²) >= 11 is 0. The Hall–Kier alpha value is -1.06. The maximum Gasteiger partial charge on any atom is 0.123 e. The van der Waals surface area contributed by atoms with E-state index in [-0.39, 0.29) is 23.0 Å². The van der Waals surface area contributed by atoms with E-state index in [9.17, 15) is 5.11 Å². The number of benzene rings is 1. The number of ether oxygens (including phenoxy) is 1. The quantitative estimate of drug-likeness (QED) is 0.899. The van der Waals surface area contributed by atoms with Crippen LogP contribution in [0.5, 0.6) is 5.75 Å². The monoisotopic (exact) mass is 289 g/mol. The van der Waals surface area contributed by atoms with Gasteiger partial charge in [0.1, 0.15) is 11.9 Å². The summed E-state index contributed by atoms with van der Waals surface area (Å²) in [5, 5.41) is 10.9. The number of aliphatic hydroxyl groups excluding tert-OH is 1. The van der Waals surface area contributed by atoms with Crippen molar-refractivity contribution in [2.45, 2.75) is 58.2 Å². The molecule has 1 aromatic rings. The van der Waals surface area contributed by atoms with Gasteiger partial charge in [-0.25, -0.2) is 0 Å². The Morgan fingerprint density at radius 2 is 2.05 bits per heavy atom. The molecule has 1 heterocycles. The van der Waals surface area contributed by atoms with Gasteiger partial charge in [-0.3, -0.25) is 0 Å². The minimum atomic E-state index is -0.351. The molecule has 3 nitrogen and oxygen atoms in total. The third-order valence-electron chi connectivity index (χ3n) is 5.57. The van der Waals surface area contributed by atoms with Gasteiger partial charge in [0.25, 0.3) is 0 Å². The zero-order valence-electron chi connectivity index (χ0n) is 13.1. The summed E-state index contributed by atoms with van der Waals surface area (Å²) in [5.41, 5.74) is 7.14. The van der Waals surface area contributed by atoms with E-state index >= 15 is 0 Å². The average Bonchev–Trinajstić information content (AvgIpc) is 2.86. The van der Waals surface area contributed by atoms with Crippen LogP contribution in [0.15, 0.2) is 24.3 Å². The Labute approximate surface area is 127 Å². The summed E-state index contributed by atoms with van der Waals surface area (Å²) in [6, 6.07) is 8.23. The van der Waals surface area contributed by atoms with E-state index in [4.69, 9.17) is 10.5 Å². The third kappa shape index (κ3) is 2.58. The number of fused-ring (bicyclic) bond motifs is 1.